The van der Waals surface area contributed by atoms with E-state index in [0.29, 0.717) is 18.1 Å². The second kappa shape index (κ2) is 5.98. The lowest BCUT2D eigenvalue weighted by Crippen LogP contribution is -2.07. The first-order chi connectivity index (χ1) is 10.2. The smallest absolute Gasteiger partial charge is 0.341 e. The van der Waals surface area contributed by atoms with Gasteiger partial charge >= 0.3 is 5.97 Å². The molecule has 110 valence electrons. The largest absolute Gasteiger partial charge is 0.462 e. The molecule has 4 heteroatoms. The van der Waals surface area contributed by atoms with Crippen LogP contribution in [0, 0.1) is 0 Å². The zero-order valence-corrected chi connectivity index (χ0v) is 13.2. The average molecular weight is 301 g/mol. The molecule has 1 fully saturated rings. The molecule has 1 aliphatic rings. The topological polar surface area (TPSA) is 39.2 Å². The van der Waals surface area contributed by atoms with Crippen LogP contribution in [0.1, 0.15) is 53.4 Å². The zero-order chi connectivity index (χ0) is 14.8. The zero-order valence-electron chi connectivity index (χ0n) is 12.4. The summed E-state index contributed by atoms with van der Waals surface area (Å²) in [4.78, 5) is 13.4. The van der Waals surface area contributed by atoms with E-state index in [0.717, 1.165) is 35.4 Å². The Labute approximate surface area is 129 Å². The standard InChI is InChI=1S/C17H19NO2S/c1-3-11-5-7-12(8-6-11)15-14(17(19)20-4-2)16(21-18-15)13-9-10-13/h5-8,13H,3-4,9-10H2,1-2H3. The van der Waals surface area contributed by atoms with Gasteiger partial charge in [-0.25, -0.2) is 4.79 Å². The van der Waals surface area contributed by atoms with Gasteiger partial charge in [0.1, 0.15) is 5.56 Å². The summed E-state index contributed by atoms with van der Waals surface area (Å²) >= 11 is 1.45. The second-order valence-corrected chi connectivity index (χ2v) is 6.12. The number of nitrogens with zero attached hydrogens (tertiary/aromatic N) is 1. The number of ether oxygens (including phenoxy) is 1. The Hall–Kier alpha value is -1.68. The first-order valence-electron chi connectivity index (χ1n) is 7.50. The summed E-state index contributed by atoms with van der Waals surface area (Å²) in [6.45, 7) is 4.37. The molecule has 0 amide bonds. The van der Waals surface area contributed by atoms with Crippen LogP contribution in [0.4, 0.5) is 0 Å². The molecule has 0 N–H and O–H groups in total. The van der Waals surface area contributed by atoms with Crippen molar-refractivity contribution in [2.45, 2.75) is 39.0 Å². The highest BCUT2D eigenvalue weighted by molar-refractivity contribution is 7.06. The van der Waals surface area contributed by atoms with Crippen LogP contribution in [0.3, 0.4) is 0 Å². The first kappa shape index (κ1) is 14.3. The van der Waals surface area contributed by atoms with Crippen molar-refractivity contribution in [3.8, 4) is 11.3 Å². The Morgan fingerprint density at radius 3 is 2.57 bits per heavy atom. The van der Waals surface area contributed by atoms with E-state index in [4.69, 9.17) is 4.74 Å². The lowest BCUT2D eigenvalue weighted by atomic mass is 10.0. The number of benzene rings is 1. The predicted molar refractivity (Wildman–Crippen MR) is 84.9 cm³/mol. The molecule has 21 heavy (non-hydrogen) atoms. The molecule has 1 aromatic heterocycles. The van der Waals surface area contributed by atoms with E-state index in [1.807, 2.05) is 19.1 Å². The van der Waals surface area contributed by atoms with Crippen LogP contribution in [0.2, 0.25) is 0 Å². The molecule has 3 nitrogen and oxygen atoms in total. The molecule has 0 atom stereocenters. The minimum Gasteiger partial charge on any atom is -0.462 e. The fourth-order valence-corrected chi connectivity index (χ4v) is 3.47. The van der Waals surface area contributed by atoms with E-state index in [2.05, 4.69) is 23.4 Å². The third kappa shape index (κ3) is 2.86. The van der Waals surface area contributed by atoms with Gasteiger partial charge in [0.05, 0.1) is 12.3 Å². The number of hydrogen-bond donors (Lipinski definition) is 0. The highest BCUT2D eigenvalue weighted by Gasteiger charge is 2.33. The number of carbonyl (C=O) groups excluding carboxylic acids is 1. The van der Waals surface area contributed by atoms with E-state index in [9.17, 15) is 4.79 Å². The maximum absolute atomic E-state index is 12.3. The molecule has 1 saturated carbocycles. The van der Waals surface area contributed by atoms with Crippen LogP contribution in [0.15, 0.2) is 24.3 Å². The van der Waals surface area contributed by atoms with Gasteiger partial charge in [0.25, 0.3) is 0 Å². The Balaban J connectivity index is 2.02. The van der Waals surface area contributed by atoms with E-state index >= 15 is 0 Å². The maximum Gasteiger partial charge on any atom is 0.341 e. The lowest BCUT2D eigenvalue weighted by Gasteiger charge is -2.06. The first-order valence-corrected chi connectivity index (χ1v) is 8.27. The average Bonchev–Trinajstić information content (AvgIpc) is 3.26. The molecule has 0 aliphatic heterocycles. The minimum atomic E-state index is -0.234. The monoisotopic (exact) mass is 301 g/mol. The molecule has 1 aliphatic carbocycles. The van der Waals surface area contributed by atoms with Crippen LogP contribution in [-0.2, 0) is 11.2 Å². The van der Waals surface area contributed by atoms with Gasteiger partial charge < -0.3 is 4.74 Å². The molecular weight excluding hydrogens is 282 g/mol. The van der Waals surface area contributed by atoms with Crippen molar-refractivity contribution in [2.24, 2.45) is 0 Å². The normalized spacial score (nSPS) is 14.2. The third-order valence-corrected chi connectivity index (χ3v) is 4.79. The van der Waals surface area contributed by atoms with Crippen molar-refractivity contribution in [1.82, 2.24) is 4.37 Å². The number of aromatic nitrogens is 1. The summed E-state index contributed by atoms with van der Waals surface area (Å²) in [5.41, 5.74) is 3.75. The summed E-state index contributed by atoms with van der Waals surface area (Å²) in [5.74, 6) is 0.272. The summed E-state index contributed by atoms with van der Waals surface area (Å²) in [7, 11) is 0. The fourth-order valence-electron chi connectivity index (χ4n) is 2.42. The van der Waals surface area contributed by atoms with Gasteiger partial charge in [0.15, 0.2) is 0 Å². The molecule has 2 aromatic rings. The van der Waals surface area contributed by atoms with Crippen molar-refractivity contribution < 1.29 is 9.53 Å². The number of carbonyl (C=O) groups is 1. The summed E-state index contributed by atoms with van der Waals surface area (Å²) < 4.78 is 9.79. The molecule has 0 radical (unpaired) electrons. The van der Waals surface area contributed by atoms with Gasteiger partial charge in [-0.3, -0.25) is 0 Å². The van der Waals surface area contributed by atoms with Crippen LogP contribution in [-0.4, -0.2) is 16.9 Å². The molecular formula is C17H19NO2S. The molecule has 0 bridgehead atoms. The van der Waals surface area contributed by atoms with Crippen LogP contribution in [0.25, 0.3) is 11.3 Å². The maximum atomic E-state index is 12.3. The third-order valence-electron chi connectivity index (χ3n) is 3.78. The summed E-state index contributed by atoms with van der Waals surface area (Å²) in [6, 6.07) is 8.29. The van der Waals surface area contributed by atoms with E-state index in [-0.39, 0.29) is 5.97 Å². The Morgan fingerprint density at radius 1 is 1.29 bits per heavy atom. The van der Waals surface area contributed by atoms with Gasteiger partial charge in [-0.2, -0.15) is 4.37 Å². The number of hydrogen-bond acceptors (Lipinski definition) is 4. The Morgan fingerprint density at radius 2 is 2.00 bits per heavy atom. The van der Waals surface area contributed by atoms with Crippen LogP contribution < -0.4 is 0 Å². The minimum absolute atomic E-state index is 0.234. The Bertz CT molecular complexity index is 641. The van der Waals surface area contributed by atoms with Crippen molar-refractivity contribution in [3.63, 3.8) is 0 Å². The van der Waals surface area contributed by atoms with E-state index in [1.54, 1.807) is 0 Å². The fraction of sp³-hybridized carbons (Fsp3) is 0.412. The van der Waals surface area contributed by atoms with Gasteiger partial charge in [-0.15, -0.1) is 0 Å². The highest BCUT2D eigenvalue weighted by Crippen LogP contribution is 2.46. The molecule has 1 heterocycles. The number of aryl methyl sites for hydroxylation is 1. The molecule has 0 spiro atoms. The van der Waals surface area contributed by atoms with Gasteiger partial charge in [0.2, 0.25) is 0 Å². The SMILES string of the molecule is CCOC(=O)c1c(-c2ccc(CC)cc2)nsc1C1CC1. The number of esters is 1. The van der Waals surface area contributed by atoms with Crippen molar-refractivity contribution in [3.05, 3.63) is 40.3 Å². The molecule has 0 saturated heterocycles. The van der Waals surface area contributed by atoms with E-state index in [1.165, 1.54) is 17.1 Å². The van der Waals surface area contributed by atoms with Crippen LogP contribution >= 0.6 is 11.5 Å². The lowest BCUT2D eigenvalue weighted by molar-refractivity contribution is 0.0526. The quantitative estimate of drug-likeness (QED) is 0.767. The molecule has 1 aromatic carbocycles. The summed E-state index contributed by atoms with van der Waals surface area (Å²) in [6.07, 6.45) is 3.32. The van der Waals surface area contributed by atoms with Crippen molar-refractivity contribution >= 4 is 17.5 Å². The highest BCUT2D eigenvalue weighted by atomic mass is 32.1. The Kier molecular flexibility index (Phi) is 4.06. The molecule has 3 rings (SSSR count). The summed E-state index contributed by atoms with van der Waals surface area (Å²) in [5, 5.41) is 0. The van der Waals surface area contributed by atoms with Gasteiger partial charge in [-0.1, -0.05) is 31.2 Å². The second-order valence-electron chi connectivity index (χ2n) is 5.32. The van der Waals surface area contributed by atoms with Gasteiger partial charge in [0, 0.05) is 10.4 Å². The molecule has 0 unspecified atom stereocenters. The van der Waals surface area contributed by atoms with Crippen molar-refractivity contribution in [1.29, 1.82) is 0 Å². The van der Waals surface area contributed by atoms with Crippen LogP contribution in [0.5, 0.6) is 0 Å². The number of rotatable bonds is 5. The van der Waals surface area contributed by atoms with E-state index < -0.39 is 0 Å². The van der Waals surface area contributed by atoms with Gasteiger partial charge in [-0.05, 0) is 49.2 Å². The van der Waals surface area contributed by atoms with Crippen molar-refractivity contribution in [2.75, 3.05) is 6.61 Å². The predicted octanol–water partition coefficient (Wildman–Crippen LogP) is 4.43.